The minimum Gasteiger partial charge on any atom is -0.309 e. The van der Waals surface area contributed by atoms with Crippen LogP contribution in [0.5, 0.6) is 0 Å². The van der Waals surface area contributed by atoms with Crippen LogP contribution in [0, 0.1) is 0 Å². The maximum absolute atomic E-state index is 3.59. The lowest BCUT2D eigenvalue weighted by molar-refractivity contribution is 0.112. The highest BCUT2D eigenvalue weighted by Gasteiger charge is 2.29. The third-order valence-electron chi connectivity index (χ3n) is 3.01. The highest BCUT2D eigenvalue weighted by Crippen LogP contribution is 2.16. The van der Waals surface area contributed by atoms with Gasteiger partial charge < -0.3 is 5.32 Å². The van der Waals surface area contributed by atoms with Gasteiger partial charge in [0, 0.05) is 31.2 Å². The first-order valence-corrected chi connectivity index (χ1v) is 5.06. The Kier molecular flexibility index (Phi) is 3.13. The lowest BCUT2D eigenvalue weighted by Gasteiger charge is -2.42. The van der Waals surface area contributed by atoms with Gasteiger partial charge in [0.05, 0.1) is 0 Å². The second-order valence-corrected chi connectivity index (χ2v) is 4.41. The number of nitrogens with zero attached hydrogens (tertiary/aromatic N) is 1. The molecule has 0 spiro atoms. The molecule has 2 nitrogen and oxygen atoms in total. The van der Waals surface area contributed by atoms with Crippen molar-refractivity contribution in [1.29, 1.82) is 0 Å². The smallest absolute Gasteiger partial charge is 0.0278 e. The summed E-state index contributed by atoms with van der Waals surface area (Å²) >= 11 is 0. The summed E-state index contributed by atoms with van der Waals surface area (Å²) in [4.78, 5) is 2.56. The third-order valence-corrected chi connectivity index (χ3v) is 3.01. The summed E-state index contributed by atoms with van der Waals surface area (Å²) in [5, 5.41) is 3.59. The van der Waals surface area contributed by atoms with Crippen LogP contribution in [0.2, 0.25) is 0 Å². The first-order valence-electron chi connectivity index (χ1n) is 5.06. The number of nitrogens with one attached hydrogen (secondary N) is 1. The summed E-state index contributed by atoms with van der Waals surface area (Å²) in [5.41, 5.74) is 0.350. The minimum atomic E-state index is 0.350. The molecule has 1 heterocycles. The van der Waals surface area contributed by atoms with E-state index in [1.807, 2.05) is 0 Å². The van der Waals surface area contributed by atoms with Crippen molar-refractivity contribution in [2.24, 2.45) is 0 Å². The fraction of sp³-hybridized carbons (Fsp3) is 1.00. The summed E-state index contributed by atoms with van der Waals surface area (Å²) in [7, 11) is 0. The van der Waals surface area contributed by atoms with Crippen LogP contribution in [-0.4, -0.2) is 36.1 Å². The van der Waals surface area contributed by atoms with Gasteiger partial charge in [-0.25, -0.2) is 0 Å². The van der Waals surface area contributed by atoms with Crippen LogP contribution in [0.4, 0.5) is 0 Å². The fourth-order valence-electron chi connectivity index (χ4n) is 1.76. The molecule has 2 heteroatoms. The van der Waals surface area contributed by atoms with Crippen molar-refractivity contribution >= 4 is 0 Å². The van der Waals surface area contributed by atoms with Gasteiger partial charge in [0.25, 0.3) is 0 Å². The number of hydrogen-bond donors (Lipinski definition) is 1. The molecule has 0 aromatic rings. The highest BCUT2D eigenvalue weighted by atomic mass is 15.2. The molecule has 1 saturated heterocycles. The first-order chi connectivity index (χ1) is 5.57. The molecule has 0 saturated carbocycles. The summed E-state index contributed by atoms with van der Waals surface area (Å²) in [6.07, 6.45) is 1.22. The van der Waals surface area contributed by atoms with Crippen LogP contribution in [0.3, 0.4) is 0 Å². The maximum Gasteiger partial charge on any atom is 0.0278 e. The van der Waals surface area contributed by atoms with Gasteiger partial charge in [-0.05, 0) is 27.2 Å². The van der Waals surface area contributed by atoms with Crippen LogP contribution >= 0.6 is 0 Å². The standard InChI is InChI=1S/C10H22N2/c1-5-10(4)8-12(9(2)3)7-6-11-10/h9,11H,5-8H2,1-4H3. The Balaban J connectivity index is 2.51. The van der Waals surface area contributed by atoms with Crippen LogP contribution in [0.15, 0.2) is 0 Å². The summed E-state index contributed by atoms with van der Waals surface area (Å²) < 4.78 is 0. The molecule has 1 fully saturated rings. The molecule has 0 aliphatic carbocycles. The predicted molar refractivity (Wildman–Crippen MR) is 53.4 cm³/mol. The second-order valence-electron chi connectivity index (χ2n) is 4.41. The zero-order valence-corrected chi connectivity index (χ0v) is 8.85. The average molecular weight is 170 g/mol. The van der Waals surface area contributed by atoms with Gasteiger partial charge in [0.1, 0.15) is 0 Å². The number of piperazine rings is 1. The summed E-state index contributed by atoms with van der Waals surface area (Å²) in [5.74, 6) is 0. The molecule has 1 unspecified atom stereocenters. The first kappa shape index (κ1) is 10.0. The van der Waals surface area contributed by atoms with Crippen molar-refractivity contribution in [3.8, 4) is 0 Å². The average Bonchev–Trinajstić information content (AvgIpc) is 2.05. The Bertz CT molecular complexity index is 145. The Hall–Kier alpha value is -0.0800. The van der Waals surface area contributed by atoms with Crippen molar-refractivity contribution in [3.63, 3.8) is 0 Å². The van der Waals surface area contributed by atoms with E-state index in [0.29, 0.717) is 11.6 Å². The van der Waals surface area contributed by atoms with Crippen LogP contribution in [-0.2, 0) is 0 Å². The molecule has 0 aromatic carbocycles. The molecule has 1 atom stereocenters. The van der Waals surface area contributed by atoms with Gasteiger partial charge in [-0.3, -0.25) is 4.90 Å². The quantitative estimate of drug-likeness (QED) is 0.675. The van der Waals surface area contributed by atoms with Crippen molar-refractivity contribution < 1.29 is 0 Å². The van der Waals surface area contributed by atoms with E-state index in [-0.39, 0.29) is 0 Å². The molecule has 1 aliphatic heterocycles. The van der Waals surface area contributed by atoms with Crippen LogP contribution < -0.4 is 5.32 Å². The summed E-state index contributed by atoms with van der Waals surface area (Å²) in [6, 6.07) is 0.693. The van der Waals surface area contributed by atoms with Crippen molar-refractivity contribution in [1.82, 2.24) is 10.2 Å². The lowest BCUT2D eigenvalue weighted by Crippen LogP contribution is -2.59. The van der Waals surface area contributed by atoms with Gasteiger partial charge in [0.15, 0.2) is 0 Å². The van der Waals surface area contributed by atoms with E-state index >= 15 is 0 Å². The van der Waals surface area contributed by atoms with E-state index < -0.39 is 0 Å². The monoisotopic (exact) mass is 170 g/mol. The highest BCUT2D eigenvalue weighted by molar-refractivity contribution is 4.90. The van der Waals surface area contributed by atoms with E-state index in [0.717, 1.165) is 6.54 Å². The van der Waals surface area contributed by atoms with Crippen molar-refractivity contribution in [2.75, 3.05) is 19.6 Å². The Morgan fingerprint density at radius 2 is 2.17 bits per heavy atom. The number of hydrogen-bond acceptors (Lipinski definition) is 2. The molecule has 1 N–H and O–H groups in total. The lowest BCUT2D eigenvalue weighted by atomic mass is 9.95. The SMILES string of the molecule is CCC1(C)CN(C(C)C)CCN1. The molecule has 1 aliphatic rings. The molecular weight excluding hydrogens is 148 g/mol. The van der Waals surface area contributed by atoms with Gasteiger partial charge in [-0.2, -0.15) is 0 Å². The van der Waals surface area contributed by atoms with E-state index in [1.54, 1.807) is 0 Å². The summed E-state index contributed by atoms with van der Waals surface area (Å²) in [6.45, 7) is 12.7. The maximum atomic E-state index is 3.59. The topological polar surface area (TPSA) is 15.3 Å². The van der Waals surface area contributed by atoms with Gasteiger partial charge in [-0.1, -0.05) is 6.92 Å². The van der Waals surface area contributed by atoms with Crippen LogP contribution in [0.1, 0.15) is 34.1 Å². The van der Waals surface area contributed by atoms with E-state index in [4.69, 9.17) is 0 Å². The molecular formula is C10H22N2. The Labute approximate surface area is 76.3 Å². The molecule has 72 valence electrons. The van der Waals surface area contributed by atoms with Crippen molar-refractivity contribution in [2.45, 2.75) is 45.7 Å². The van der Waals surface area contributed by atoms with Crippen LogP contribution in [0.25, 0.3) is 0 Å². The molecule has 0 aromatic heterocycles. The molecule has 0 amide bonds. The minimum absolute atomic E-state index is 0.350. The molecule has 0 radical (unpaired) electrons. The van der Waals surface area contributed by atoms with E-state index in [2.05, 4.69) is 37.9 Å². The van der Waals surface area contributed by atoms with E-state index in [9.17, 15) is 0 Å². The largest absolute Gasteiger partial charge is 0.309 e. The Morgan fingerprint density at radius 3 is 2.67 bits per heavy atom. The van der Waals surface area contributed by atoms with Gasteiger partial charge in [-0.15, -0.1) is 0 Å². The van der Waals surface area contributed by atoms with E-state index in [1.165, 1.54) is 19.5 Å². The molecule has 0 bridgehead atoms. The number of rotatable bonds is 2. The predicted octanol–water partition coefficient (Wildman–Crippen LogP) is 1.47. The third kappa shape index (κ3) is 2.20. The fourth-order valence-corrected chi connectivity index (χ4v) is 1.76. The van der Waals surface area contributed by atoms with Crippen molar-refractivity contribution in [3.05, 3.63) is 0 Å². The normalized spacial score (nSPS) is 32.8. The van der Waals surface area contributed by atoms with Gasteiger partial charge >= 0.3 is 0 Å². The molecule has 12 heavy (non-hydrogen) atoms. The second kappa shape index (κ2) is 3.75. The Morgan fingerprint density at radius 1 is 1.50 bits per heavy atom. The zero-order chi connectivity index (χ0) is 9.19. The zero-order valence-electron chi connectivity index (χ0n) is 8.85. The van der Waals surface area contributed by atoms with Gasteiger partial charge in [0.2, 0.25) is 0 Å². The molecule has 1 rings (SSSR count).